The van der Waals surface area contributed by atoms with Crippen molar-refractivity contribution < 1.29 is 0 Å². The monoisotopic (exact) mass is 427 g/mol. The van der Waals surface area contributed by atoms with Gasteiger partial charge < -0.3 is 11.1 Å². The van der Waals surface area contributed by atoms with Gasteiger partial charge in [0, 0.05) is 53.2 Å². The molecule has 4 heterocycles. The summed E-state index contributed by atoms with van der Waals surface area (Å²) >= 11 is 1.62. The lowest BCUT2D eigenvalue weighted by molar-refractivity contribution is 0.698. The van der Waals surface area contributed by atoms with Gasteiger partial charge in [0.2, 0.25) is 0 Å². The van der Waals surface area contributed by atoms with Crippen LogP contribution in [0.4, 0.5) is 5.82 Å². The number of rotatable bonds is 7. The van der Waals surface area contributed by atoms with Crippen molar-refractivity contribution in [2.75, 3.05) is 11.9 Å². The molecule has 0 radical (unpaired) electrons. The maximum absolute atomic E-state index is 6.41. The van der Waals surface area contributed by atoms with Crippen LogP contribution < -0.4 is 11.1 Å². The number of aromatic nitrogens is 5. The molecule has 0 spiro atoms. The van der Waals surface area contributed by atoms with Crippen molar-refractivity contribution in [2.24, 2.45) is 5.73 Å². The summed E-state index contributed by atoms with van der Waals surface area (Å²) in [5.41, 5.74) is 11.5. The third kappa shape index (κ3) is 4.16. The quantitative estimate of drug-likeness (QED) is 0.361. The summed E-state index contributed by atoms with van der Waals surface area (Å²) in [5, 5.41) is 12.5. The van der Waals surface area contributed by atoms with E-state index in [9.17, 15) is 0 Å². The largest absolute Gasteiger partial charge is 0.367 e. The van der Waals surface area contributed by atoms with E-state index in [1.165, 1.54) is 5.56 Å². The number of pyridine rings is 1. The van der Waals surface area contributed by atoms with Crippen LogP contribution in [0.1, 0.15) is 5.56 Å². The van der Waals surface area contributed by atoms with Gasteiger partial charge in [0.25, 0.3) is 0 Å². The molecule has 0 saturated heterocycles. The second-order valence-electron chi connectivity index (χ2n) is 7.28. The highest BCUT2D eigenvalue weighted by molar-refractivity contribution is 7.18. The topological polar surface area (TPSA) is 105 Å². The fourth-order valence-corrected chi connectivity index (χ4v) is 4.47. The summed E-state index contributed by atoms with van der Waals surface area (Å²) < 4.78 is 1.00. The van der Waals surface area contributed by atoms with Gasteiger partial charge in [0.05, 0.1) is 16.4 Å². The Hall–Kier alpha value is -3.62. The first kappa shape index (κ1) is 19.3. The van der Waals surface area contributed by atoms with Crippen LogP contribution in [-0.2, 0) is 6.42 Å². The fourth-order valence-electron chi connectivity index (χ4n) is 3.49. The summed E-state index contributed by atoms with van der Waals surface area (Å²) in [4.78, 5) is 13.8. The smallest absolute Gasteiger partial charge is 0.162 e. The standard InChI is InChI=1S/C23H21N7S/c24-18(10-15-4-2-1-3-5-15)13-26-23-21-20(19(14-31-21)17-11-27-28-12-17)29-22(30-23)16-6-8-25-9-7-16/h1-9,11-12,14,18H,10,13,24H2,(H,27,28)(H,26,29,30). The molecular formula is C23H21N7S. The Morgan fingerprint density at radius 2 is 1.87 bits per heavy atom. The number of H-pyrrole nitrogens is 1. The van der Waals surface area contributed by atoms with E-state index in [-0.39, 0.29) is 6.04 Å². The van der Waals surface area contributed by atoms with Crippen LogP contribution in [0.2, 0.25) is 0 Å². The van der Waals surface area contributed by atoms with Gasteiger partial charge in [-0.15, -0.1) is 11.3 Å². The van der Waals surface area contributed by atoms with Gasteiger partial charge in [-0.2, -0.15) is 5.10 Å². The molecule has 1 unspecified atom stereocenters. The number of fused-ring (bicyclic) bond motifs is 1. The SMILES string of the molecule is NC(CNc1nc(-c2ccncc2)nc2c(-c3cn[nH]c3)csc12)Cc1ccccc1. The number of benzene rings is 1. The lowest BCUT2D eigenvalue weighted by Crippen LogP contribution is -2.31. The van der Waals surface area contributed by atoms with Crippen LogP contribution >= 0.6 is 11.3 Å². The fraction of sp³-hybridized carbons (Fsp3) is 0.130. The summed E-state index contributed by atoms with van der Waals surface area (Å²) in [6, 6.07) is 14.1. The van der Waals surface area contributed by atoms with Gasteiger partial charge in [-0.05, 0) is 24.1 Å². The van der Waals surface area contributed by atoms with Gasteiger partial charge in [-0.3, -0.25) is 10.1 Å². The van der Waals surface area contributed by atoms with Crippen LogP contribution in [0, 0.1) is 0 Å². The molecule has 0 saturated carbocycles. The molecule has 0 aliphatic rings. The van der Waals surface area contributed by atoms with Gasteiger partial charge >= 0.3 is 0 Å². The van der Waals surface area contributed by atoms with E-state index in [4.69, 9.17) is 15.7 Å². The van der Waals surface area contributed by atoms with Crippen molar-refractivity contribution >= 4 is 27.4 Å². The third-order valence-electron chi connectivity index (χ3n) is 5.04. The number of aromatic amines is 1. The van der Waals surface area contributed by atoms with Crippen molar-refractivity contribution in [2.45, 2.75) is 12.5 Å². The van der Waals surface area contributed by atoms with E-state index in [1.807, 2.05) is 36.5 Å². The average molecular weight is 428 g/mol. The van der Waals surface area contributed by atoms with E-state index in [0.717, 1.165) is 39.1 Å². The molecule has 31 heavy (non-hydrogen) atoms. The Kier molecular flexibility index (Phi) is 5.39. The number of hydrogen-bond donors (Lipinski definition) is 3. The van der Waals surface area contributed by atoms with Gasteiger partial charge in [-0.25, -0.2) is 9.97 Å². The Morgan fingerprint density at radius 3 is 2.65 bits per heavy atom. The first-order valence-corrected chi connectivity index (χ1v) is 10.9. The highest BCUT2D eigenvalue weighted by atomic mass is 32.1. The number of anilines is 1. The summed E-state index contributed by atoms with van der Waals surface area (Å²) in [6.07, 6.45) is 7.97. The third-order valence-corrected chi connectivity index (χ3v) is 6.01. The van der Waals surface area contributed by atoms with Crippen LogP contribution in [0.25, 0.3) is 32.7 Å². The Morgan fingerprint density at radius 1 is 1.03 bits per heavy atom. The molecule has 1 atom stereocenters. The molecule has 0 aliphatic heterocycles. The molecule has 0 amide bonds. The number of hydrogen-bond acceptors (Lipinski definition) is 7. The molecule has 8 heteroatoms. The molecule has 1 aromatic carbocycles. The van der Waals surface area contributed by atoms with E-state index in [1.54, 1.807) is 29.9 Å². The van der Waals surface area contributed by atoms with Crippen molar-refractivity contribution in [3.8, 4) is 22.5 Å². The molecule has 0 fully saturated rings. The van der Waals surface area contributed by atoms with Gasteiger partial charge in [-0.1, -0.05) is 30.3 Å². The van der Waals surface area contributed by atoms with Crippen molar-refractivity contribution in [1.29, 1.82) is 0 Å². The Bertz CT molecular complexity index is 1270. The van der Waals surface area contributed by atoms with Crippen LogP contribution in [0.5, 0.6) is 0 Å². The molecular weight excluding hydrogens is 406 g/mol. The zero-order chi connectivity index (χ0) is 21.0. The predicted molar refractivity (Wildman–Crippen MR) is 125 cm³/mol. The number of nitrogens with two attached hydrogens (primary N) is 1. The molecule has 154 valence electrons. The summed E-state index contributed by atoms with van der Waals surface area (Å²) in [6.45, 7) is 0.607. The lowest BCUT2D eigenvalue weighted by atomic mass is 10.1. The highest BCUT2D eigenvalue weighted by Crippen LogP contribution is 2.37. The molecule has 4 aromatic heterocycles. The maximum Gasteiger partial charge on any atom is 0.162 e. The van der Waals surface area contributed by atoms with Gasteiger partial charge in [0.15, 0.2) is 5.82 Å². The van der Waals surface area contributed by atoms with Crippen molar-refractivity contribution in [1.82, 2.24) is 25.1 Å². The lowest BCUT2D eigenvalue weighted by Gasteiger charge is -2.14. The van der Waals surface area contributed by atoms with Gasteiger partial charge in [0.1, 0.15) is 5.82 Å². The Balaban J connectivity index is 1.49. The predicted octanol–water partition coefficient (Wildman–Crippen LogP) is 4.13. The number of nitrogens with zero attached hydrogens (tertiary/aromatic N) is 4. The van der Waals surface area contributed by atoms with Crippen molar-refractivity contribution in [3.63, 3.8) is 0 Å². The minimum atomic E-state index is -0.0369. The first-order valence-electron chi connectivity index (χ1n) is 10.00. The van der Waals surface area contributed by atoms with E-state index in [0.29, 0.717) is 12.4 Å². The van der Waals surface area contributed by atoms with Crippen LogP contribution in [0.15, 0.2) is 72.6 Å². The summed E-state index contributed by atoms with van der Waals surface area (Å²) in [7, 11) is 0. The minimum Gasteiger partial charge on any atom is -0.367 e. The molecule has 5 rings (SSSR count). The second kappa shape index (κ2) is 8.63. The molecule has 5 aromatic rings. The zero-order valence-electron chi connectivity index (χ0n) is 16.7. The minimum absolute atomic E-state index is 0.0369. The maximum atomic E-state index is 6.41. The first-order chi connectivity index (χ1) is 15.3. The van der Waals surface area contributed by atoms with Crippen LogP contribution in [0.3, 0.4) is 0 Å². The Labute approximate surface area is 183 Å². The molecule has 0 bridgehead atoms. The molecule has 7 nitrogen and oxygen atoms in total. The summed E-state index contributed by atoms with van der Waals surface area (Å²) in [5.74, 6) is 1.44. The number of nitrogens with one attached hydrogen (secondary N) is 2. The zero-order valence-corrected chi connectivity index (χ0v) is 17.5. The highest BCUT2D eigenvalue weighted by Gasteiger charge is 2.17. The molecule has 4 N–H and O–H groups in total. The van der Waals surface area contributed by atoms with Crippen LogP contribution in [-0.4, -0.2) is 37.7 Å². The normalized spacial score (nSPS) is 12.2. The average Bonchev–Trinajstić information content (AvgIpc) is 3.48. The van der Waals surface area contributed by atoms with E-state index in [2.05, 4.69) is 38.0 Å². The van der Waals surface area contributed by atoms with E-state index >= 15 is 0 Å². The second-order valence-corrected chi connectivity index (χ2v) is 8.16. The van der Waals surface area contributed by atoms with E-state index < -0.39 is 0 Å². The van der Waals surface area contributed by atoms with Crippen molar-refractivity contribution in [3.05, 3.63) is 78.2 Å². The number of thiophene rings is 1. The molecule has 0 aliphatic carbocycles.